The van der Waals surface area contributed by atoms with Gasteiger partial charge in [-0.1, -0.05) is 27.5 Å². The summed E-state index contributed by atoms with van der Waals surface area (Å²) < 4.78 is 11.1. The maximum absolute atomic E-state index is 12.5. The van der Waals surface area contributed by atoms with Gasteiger partial charge in [0.2, 0.25) is 0 Å². The molecule has 134 valence electrons. The van der Waals surface area contributed by atoms with E-state index < -0.39 is 5.91 Å². The Morgan fingerprint density at radius 1 is 1.23 bits per heavy atom. The molecule has 1 N–H and O–H groups in total. The Morgan fingerprint density at radius 2 is 1.88 bits per heavy atom. The largest absolute Gasteiger partial charge is 0.493 e. The number of hydrogen-bond acceptors (Lipinski definition) is 4. The molecule has 0 spiro atoms. The fraction of sp³-hybridized carbons (Fsp3) is 0.158. The molecule has 5 nitrogen and oxygen atoms in total. The number of anilines is 1. The fourth-order valence-corrected chi connectivity index (χ4v) is 2.91. The lowest BCUT2D eigenvalue weighted by Gasteiger charge is -2.11. The van der Waals surface area contributed by atoms with Gasteiger partial charge in [-0.25, -0.2) is 0 Å². The number of nitrogens with zero attached hydrogens (tertiary/aromatic N) is 1. The van der Waals surface area contributed by atoms with E-state index in [0.717, 1.165) is 5.56 Å². The Balaban J connectivity index is 2.35. The summed E-state index contributed by atoms with van der Waals surface area (Å²) in [5, 5.41) is 12.7. The van der Waals surface area contributed by atoms with Gasteiger partial charge in [-0.3, -0.25) is 4.79 Å². The number of aryl methyl sites for hydroxylation is 1. The van der Waals surface area contributed by atoms with E-state index >= 15 is 0 Å². The average Bonchev–Trinajstić information content (AvgIpc) is 2.62. The number of carbonyl (C=O) groups is 1. The van der Waals surface area contributed by atoms with Crippen molar-refractivity contribution in [2.45, 2.75) is 6.92 Å². The lowest BCUT2D eigenvalue weighted by Crippen LogP contribution is -2.14. The number of nitriles is 1. The van der Waals surface area contributed by atoms with Gasteiger partial charge in [0.05, 0.1) is 14.2 Å². The summed E-state index contributed by atoms with van der Waals surface area (Å²) >= 11 is 9.33. The fourth-order valence-electron chi connectivity index (χ4n) is 2.24. The first-order valence-electron chi connectivity index (χ1n) is 7.50. The van der Waals surface area contributed by atoms with Gasteiger partial charge in [-0.2, -0.15) is 5.26 Å². The molecule has 1 amide bonds. The van der Waals surface area contributed by atoms with E-state index in [0.29, 0.717) is 32.2 Å². The van der Waals surface area contributed by atoms with Crippen molar-refractivity contribution in [2.24, 2.45) is 0 Å². The van der Waals surface area contributed by atoms with Crippen molar-refractivity contribution >= 4 is 45.2 Å². The van der Waals surface area contributed by atoms with Crippen LogP contribution < -0.4 is 14.8 Å². The third-order valence-electron chi connectivity index (χ3n) is 3.60. The molecule has 0 saturated heterocycles. The first kappa shape index (κ1) is 19.8. The Morgan fingerprint density at radius 3 is 2.46 bits per heavy atom. The third kappa shape index (κ3) is 4.57. The summed E-state index contributed by atoms with van der Waals surface area (Å²) in [7, 11) is 3.04. The molecule has 2 aromatic carbocycles. The summed E-state index contributed by atoms with van der Waals surface area (Å²) in [4.78, 5) is 12.5. The molecule has 0 unspecified atom stereocenters. The summed E-state index contributed by atoms with van der Waals surface area (Å²) in [6.07, 6.45) is 1.48. The van der Waals surface area contributed by atoms with Gasteiger partial charge in [0.1, 0.15) is 11.6 Å². The molecule has 2 aromatic rings. The van der Waals surface area contributed by atoms with Crippen LogP contribution in [0.5, 0.6) is 11.5 Å². The molecule has 0 aromatic heterocycles. The Bertz CT molecular complexity index is 920. The minimum atomic E-state index is -0.514. The van der Waals surface area contributed by atoms with Crippen LogP contribution in [0.25, 0.3) is 6.08 Å². The third-order valence-corrected chi connectivity index (χ3v) is 4.53. The highest BCUT2D eigenvalue weighted by molar-refractivity contribution is 9.10. The molecular weight excluding hydrogens is 420 g/mol. The number of amides is 1. The molecular formula is C19H16BrClN2O3. The van der Waals surface area contributed by atoms with Gasteiger partial charge in [0.15, 0.2) is 11.5 Å². The van der Waals surface area contributed by atoms with Crippen LogP contribution in [0.3, 0.4) is 0 Å². The van der Waals surface area contributed by atoms with Crippen LogP contribution in [-0.2, 0) is 4.79 Å². The number of nitrogens with one attached hydrogen (secondary N) is 1. The molecule has 0 bridgehead atoms. The normalized spacial score (nSPS) is 10.8. The Kier molecular flexibility index (Phi) is 6.67. The van der Waals surface area contributed by atoms with Crippen molar-refractivity contribution in [1.29, 1.82) is 5.26 Å². The first-order valence-corrected chi connectivity index (χ1v) is 8.67. The second-order valence-corrected chi connectivity index (χ2v) is 6.60. The maximum Gasteiger partial charge on any atom is 0.266 e. The second-order valence-electron chi connectivity index (χ2n) is 5.31. The molecule has 7 heteroatoms. The van der Waals surface area contributed by atoms with Crippen LogP contribution in [0, 0.1) is 18.3 Å². The molecule has 0 radical (unpaired) electrons. The summed E-state index contributed by atoms with van der Waals surface area (Å²) in [6, 6.07) is 10.4. The highest BCUT2D eigenvalue weighted by atomic mass is 79.9. The van der Waals surface area contributed by atoms with Crippen LogP contribution >= 0.6 is 27.5 Å². The highest BCUT2D eigenvalue weighted by Crippen LogP contribution is 2.34. The standard InChI is InChI=1S/C19H16BrClN2O3/c1-11-6-14(21)4-5-16(11)23-19(24)13(10-22)7-12-8-17(25-2)18(26-3)9-15(12)20/h4-9H,1-3H3,(H,23,24)/b13-7+. The van der Waals surface area contributed by atoms with Gasteiger partial charge < -0.3 is 14.8 Å². The van der Waals surface area contributed by atoms with E-state index in [1.165, 1.54) is 20.3 Å². The quantitative estimate of drug-likeness (QED) is 0.531. The van der Waals surface area contributed by atoms with Crippen molar-refractivity contribution < 1.29 is 14.3 Å². The molecule has 0 heterocycles. The van der Waals surface area contributed by atoms with E-state index in [1.54, 1.807) is 30.3 Å². The number of methoxy groups -OCH3 is 2. The van der Waals surface area contributed by atoms with Crippen molar-refractivity contribution in [3.63, 3.8) is 0 Å². The van der Waals surface area contributed by atoms with Gasteiger partial charge >= 0.3 is 0 Å². The Labute approximate surface area is 165 Å². The number of hydrogen-bond donors (Lipinski definition) is 1. The number of carbonyl (C=O) groups excluding carboxylic acids is 1. The zero-order valence-corrected chi connectivity index (χ0v) is 16.7. The van der Waals surface area contributed by atoms with E-state index in [1.807, 2.05) is 13.0 Å². The molecule has 2 rings (SSSR count). The smallest absolute Gasteiger partial charge is 0.266 e. The minimum Gasteiger partial charge on any atom is -0.493 e. The molecule has 0 fully saturated rings. The lowest BCUT2D eigenvalue weighted by atomic mass is 10.1. The van der Waals surface area contributed by atoms with Gasteiger partial charge in [-0.05, 0) is 54.5 Å². The van der Waals surface area contributed by atoms with E-state index in [9.17, 15) is 10.1 Å². The topological polar surface area (TPSA) is 71.3 Å². The van der Waals surface area contributed by atoms with Gasteiger partial charge in [0.25, 0.3) is 5.91 Å². The van der Waals surface area contributed by atoms with Crippen LogP contribution in [-0.4, -0.2) is 20.1 Å². The van der Waals surface area contributed by atoms with Crippen molar-refractivity contribution in [2.75, 3.05) is 19.5 Å². The zero-order valence-electron chi connectivity index (χ0n) is 14.4. The van der Waals surface area contributed by atoms with Crippen molar-refractivity contribution in [1.82, 2.24) is 0 Å². The summed E-state index contributed by atoms with van der Waals surface area (Å²) in [5.74, 6) is 0.518. The van der Waals surface area contributed by atoms with Crippen LogP contribution in [0.4, 0.5) is 5.69 Å². The Hall–Kier alpha value is -2.49. The van der Waals surface area contributed by atoms with E-state index in [4.69, 9.17) is 21.1 Å². The predicted molar refractivity (Wildman–Crippen MR) is 106 cm³/mol. The van der Waals surface area contributed by atoms with Crippen LogP contribution in [0.1, 0.15) is 11.1 Å². The zero-order chi connectivity index (χ0) is 19.3. The molecule has 0 atom stereocenters. The molecule has 0 saturated carbocycles. The average molecular weight is 436 g/mol. The number of ether oxygens (including phenoxy) is 2. The monoisotopic (exact) mass is 434 g/mol. The van der Waals surface area contributed by atoms with Gasteiger partial charge in [0, 0.05) is 15.2 Å². The minimum absolute atomic E-state index is 0.0488. The highest BCUT2D eigenvalue weighted by Gasteiger charge is 2.14. The number of benzene rings is 2. The van der Waals surface area contributed by atoms with Gasteiger partial charge in [-0.15, -0.1) is 0 Å². The molecule has 0 aliphatic rings. The second kappa shape index (κ2) is 8.75. The number of rotatable bonds is 5. The summed E-state index contributed by atoms with van der Waals surface area (Å²) in [5.41, 5.74) is 1.96. The maximum atomic E-state index is 12.5. The molecule has 0 aliphatic heterocycles. The van der Waals surface area contributed by atoms with E-state index in [-0.39, 0.29) is 5.57 Å². The first-order chi connectivity index (χ1) is 12.4. The van der Waals surface area contributed by atoms with Crippen molar-refractivity contribution in [3.05, 3.63) is 56.5 Å². The van der Waals surface area contributed by atoms with Crippen LogP contribution in [0.2, 0.25) is 5.02 Å². The summed E-state index contributed by atoms with van der Waals surface area (Å²) in [6.45, 7) is 1.82. The SMILES string of the molecule is COc1cc(Br)c(/C=C(\C#N)C(=O)Nc2ccc(Cl)cc2C)cc1OC. The lowest BCUT2D eigenvalue weighted by molar-refractivity contribution is -0.112. The van der Waals surface area contributed by atoms with E-state index in [2.05, 4.69) is 21.2 Å². The predicted octanol–water partition coefficient (Wildman–Crippen LogP) is 4.97. The van der Waals surface area contributed by atoms with Crippen molar-refractivity contribution in [3.8, 4) is 17.6 Å². The molecule has 26 heavy (non-hydrogen) atoms. The molecule has 0 aliphatic carbocycles. The number of halogens is 2. The van der Waals surface area contributed by atoms with Crippen LogP contribution in [0.15, 0.2) is 40.4 Å².